The summed E-state index contributed by atoms with van der Waals surface area (Å²) >= 11 is 1.95. The molecule has 4 aliphatic heterocycles. The van der Waals surface area contributed by atoms with Gasteiger partial charge in [-0.05, 0) is 38.3 Å². The zero-order chi connectivity index (χ0) is 11.0. The molecule has 0 spiro atoms. The fourth-order valence-electron chi connectivity index (χ4n) is 3.00. The maximum Gasteiger partial charge on any atom is 0.157 e. The van der Waals surface area contributed by atoms with Gasteiger partial charge in [-0.1, -0.05) is 18.7 Å². The maximum atomic E-state index is 4.62. The molecule has 3 fully saturated rings. The van der Waals surface area contributed by atoms with Gasteiger partial charge in [-0.2, -0.15) is 0 Å². The van der Waals surface area contributed by atoms with Gasteiger partial charge in [-0.25, -0.2) is 0 Å². The lowest BCUT2D eigenvalue weighted by Crippen LogP contribution is -2.56. The standard InChI is InChI=1S/C12H21N3S/c1-2-10-7-13-12(16-10)14-11-8-15-5-3-9(11)4-6-15/h9-11H,2-8H2,1H3,(H,13,14). The number of hydrogen-bond acceptors (Lipinski definition) is 4. The van der Waals surface area contributed by atoms with Crippen molar-refractivity contribution in [2.75, 3.05) is 26.2 Å². The van der Waals surface area contributed by atoms with E-state index in [1.165, 1.54) is 44.1 Å². The van der Waals surface area contributed by atoms with Crippen LogP contribution in [0.25, 0.3) is 0 Å². The Hall–Kier alpha value is -0.220. The van der Waals surface area contributed by atoms with Crippen LogP contribution in [0.2, 0.25) is 0 Å². The molecule has 4 rings (SSSR count). The summed E-state index contributed by atoms with van der Waals surface area (Å²) in [7, 11) is 0. The smallest absolute Gasteiger partial charge is 0.157 e. The van der Waals surface area contributed by atoms with Gasteiger partial charge in [-0.3, -0.25) is 4.99 Å². The third-order valence-electron chi connectivity index (χ3n) is 4.14. The molecule has 4 heterocycles. The van der Waals surface area contributed by atoms with E-state index < -0.39 is 0 Å². The van der Waals surface area contributed by atoms with Crippen molar-refractivity contribution in [3.05, 3.63) is 0 Å². The Bertz CT molecular complexity index is 284. The molecule has 2 unspecified atom stereocenters. The molecular weight excluding hydrogens is 218 g/mol. The molecule has 0 radical (unpaired) electrons. The summed E-state index contributed by atoms with van der Waals surface area (Å²) in [4.78, 5) is 7.21. The second-order valence-electron chi connectivity index (χ2n) is 5.18. The zero-order valence-corrected chi connectivity index (χ0v) is 10.8. The molecule has 16 heavy (non-hydrogen) atoms. The van der Waals surface area contributed by atoms with E-state index in [1.807, 2.05) is 11.8 Å². The van der Waals surface area contributed by atoms with Gasteiger partial charge >= 0.3 is 0 Å². The summed E-state index contributed by atoms with van der Waals surface area (Å²) in [6.07, 6.45) is 4.00. The average Bonchev–Trinajstić information content (AvgIpc) is 2.78. The van der Waals surface area contributed by atoms with Crippen LogP contribution in [-0.4, -0.2) is 47.5 Å². The van der Waals surface area contributed by atoms with Crippen molar-refractivity contribution < 1.29 is 0 Å². The quantitative estimate of drug-likeness (QED) is 0.792. The number of aliphatic imine (C=N–C) groups is 1. The first-order valence-electron chi connectivity index (χ1n) is 6.55. The van der Waals surface area contributed by atoms with E-state index in [0.29, 0.717) is 6.04 Å². The van der Waals surface area contributed by atoms with E-state index in [4.69, 9.17) is 0 Å². The SMILES string of the molecule is CCC1CN=C(NC2CN3CCC2CC3)S1. The van der Waals surface area contributed by atoms with Gasteiger partial charge in [0.05, 0.1) is 6.54 Å². The molecule has 90 valence electrons. The molecule has 2 atom stereocenters. The summed E-state index contributed by atoms with van der Waals surface area (Å²) in [6.45, 7) is 7.15. The van der Waals surface area contributed by atoms with Crippen LogP contribution in [0.5, 0.6) is 0 Å². The first-order valence-corrected chi connectivity index (χ1v) is 7.43. The summed E-state index contributed by atoms with van der Waals surface area (Å²) in [5.41, 5.74) is 0. The highest BCUT2D eigenvalue weighted by atomic mass is 32.2. The maximum absolute atomic E-state index is 4.62. The molecule has 4 heteroatoms. The summed E-state index contributed by atoms with van der Waals surface area (Å²) < 4.78 is 0. The zero-order valence-electron chi connectivity index (χ0n) is 9.98. The van der Waals surface area contributed by atoms with Crippen LogP contribution in [-0.2, 0) is 0 Å². The monoisotopic (exact) mass is 239 g/mol. The lowest BCUT2D eigenvalue weighted by Gasteiger charge is -2.45. The predicted molar refractivity (Wildman–Crippen MR) is 70.1 cm³/mol. The minimum atomic E-state index is 0.671. The normalized spacial score (nSPS) is 42.2. The van der Waals surface area contributed by atoms with Crippen molar-refractivity contribution in [3.8, 4) is 0 Å². The van der Waals surface area contributed by atoms with Crippen molar-refractivity contribution >= 4 is 16.9 Å². The van der Waals surface area contributed by atoms with Gasteiger partial charge in [0.2, 0.25) is 0 Å². The van der Waals surface area contributed by atoms with Gasteiger partial charge in [0.25, 0.3) is 0 Å². The van der Waals surface area contributed by atoms with Gasteiger partial charge < -0.3 is 10.2 Å². The first-order chi connectivity index (χ1) is 7.85. The van der Waals surface area contributed by atoms with Crippen molar-refractivity contribution in [1.29, 1.82) is 0 Å². The van der Waals surface area contributed by atoms with Crippen LogP contribution < -0.4 is 5.32 Å². The number of nitrogens with one attached hydrogen (secondary N) is 1. The highest BCUT2D eigenvalue weighted by Gasteiger charge is 2.35. The van der Waals surface area contributed by atoms with Crippen molar-refractivity contribution in [2.45, 2.75) is 37.5 Å². The molecule has 0 aromatic rings. The molecule has 0 saturated carbocycles. The number of nitrogens with zero attached hydrogens (tertiary/aromatic N) is 2. The van der Waals surface area contributed by atoms with Gasteiger partial charge in [0.15, 0.2) is 5.17 Å². The second kappa shape index (κ2) is 4.57. The van der Waals surface area contributed by atoms with E-state index in [2.05, 4.69) is 22.1 Å². The molecule has 2 bridgehead atoms. The summed E-state index contributed by atoms with van der Waals surface area (Å²) in [5.74, 6) is 0.897. The Balaban J connectivity index is 1.56. The second-order valence-corrected chi connectivity index (χ2v) is 6.47. The molecular formula is C12H21N3S. The van der Waals surface area contributed by atoms with Crippen LogP contribution in [0.4, 0.5) is 0 Å². The van der Waals surface area contributed by atoms with Crippen molar-refractivity contribution in [3.63, 3.8) is 0 Å². The summed E-state index contributed by atoms with van der Waals surface area (Å²) in [5, 5.41) is 5.62. The average molecular weight is 239 g/mol. The van der Waals surface area contributed by atoms with Crippen molar-refractivity contribution in [2.24, 2.45) is 10.9 Å². The molecule has 0 aromatic carbocycles. The number of amidine groups is 1. The molecule has 0 amide bonds. The minimum Gasteiger partial charge on any atom is -0.361 e. The third-order valence-corrected chi connectivity index (χ3v) is 5.42. The predicted octanol–water partition coefficient (Wildman–Crippen LogP) is 1.55. The van der Waals surface area contributed by atoms with Crippen LogP contribution in [0.15, 0.2) is 4.99 Å². The first kappa shape index (κ1) is 10.9. The lowest BCUT2D eigenvalue weighted by molar-refractivity contribution is 0.0816. The topological polar surface area (TPSA) is 27.6 Å². The highest BCUT2D eigenvalue weighted by molar-refractivity contribution is 8.14. The Morgan fingerprint density at radius 1 is 1.44 bits per heavy atom. The molecule has 1 N–H and O–H groups in total. The van der Waals surface area contributed by atoms with Crippen molar-refractivity contribution in [1.82, 2.24) is 10.2 Å². The van der Waals surface area contributed by atoms with Crippen LogP contribution in [0, 0.1) is 5.92 Å². The highest BCUT2D eigenvalue weighted by Crippen LogP contribution is 2.29. The van der Waals surface area contributed by atoms with Crippen LogP contribution in [0.3, 0.4) is 0 Å². The Morgan fingerprint density at radius 3 is 2.81 bits per heavy atom. The summed E-state index contributed by atoms with van der Waals surface area (Å²) in [6, 6.07) is 0.671. The largest absolute Gasteiger partial charge is 0.361 e. The van der Waals surface area contributed by atoms with E-state index >= 15 is 0 Å². The molecule has 0 aromatic heterocycles. The van der Waals surface area contributed by atoms with Gasteiger partial charge in [0, 0.05) is 17.8 Å². The third kappa shape index (κ3) is 2.09. The Morgan fingerprint density at radius 2 is 2.25 bits per heavy atom. The number of piperidine rings is 3. The molecule has 0 aliphatic carbocycles. The van der Waals surface area contributed by atoms with E-state index in [9.17, 15) is 0 Å². The van der Waals surface area contributed by atoms with Crippen LogP contribution in [0.1, 0.15) is 26.2 Å². The Kier molecular flexibility index (Phi) is 3.11. The molecule has 3 nitrogen and oxygen atoms in total. The number of fused-ring (bicyclic) bond motifs is 3. The van der Waals surface area contributed by atoms with Crippen LogP contribution >= 0.6 is 11.8 Å². The molecule has 3 saturated heterocycles. The van der Waals surface area contributed by atoms with E-state index in [1.54, 1.807) is 0 Å². The fraction of sp³-hybridized carbons (Fsp3) is 0.917. The van der Waals surface area contributed by atoms with E-state index in [0.717, 1.165) is 17.7 Å². The number of hydrogen-bond donors (Lipinski definition) is 1. The Labute approximate surface area is 102 Å². The number of rotatable bonds is 2. The number of thioether (sulfide) groups is 1. The fourth-order valence-corrected chi connectivity index (χ4v) is 4.00. The lowest BCUT2D eigenvalue weighted by atomic mass is 9.84. The van der Waals surface area contributed by atoms with Gasteiger partial charge in [-0.15, -0.1) is 0 Å². The van der Waals surface area contributed by atoms with Gasteiger partial charge in [0.1, 0.15) is 0 Å². The minimum absolute atomic E-state index is 0.671. The molecule has 4 aliphatic rings. The van der Waals surface area contributed by atoms with E-state index in [-0.39, 0.29) is 0 Å².